The second-order valence-corrected chi connectivity index (χ2v) is 8.63. The maximum absolute atomic E-state index is 12.6. The van der Waals surface area contributed by atoms with Crippen LogP contribution in [0.4, 0.5) is 16.2 Å². The number of aromatic nitrogens is 1. The Morgan fingerprint density at radius 3 is 2.41 bits per heavy atom. The minimum Gasteiger partial charge on any atom is -0.481 e. The van der Waals surface area contributed by atoms with Crippen molar-refractivity contribution in [2.45, 2.75) is 19.4 Å². The van der Waals surface area contributed by atoms with Crippen LogP contribution in [0.1, 0.15) is 27.9 Å². The van der Waals surface area contributed by atoms with E-state index in [2.05, 4.69) is 26.3 Å². The van der Waals surface area contributed by atoms with Crippen molar-refractivity contribution in [1.29, 1.82) is 0 Å². The highest BCUT2D eigenvalue weighted by Gasteiger charge is 2.15. The number of halogens is 2. The highest BCUT2D eigenvalue weighted by atomic mass is 35.5. The molecule has 10 nitrogen and oxygen atoms in total. The predicted molar refractivity (Wildman–Crippen MR) is 140 cm³/mol. The minimum atomic E-state index is -1.01. The number of rotatable bonds is 10. The monoisotopic (exact) mass is 543 g/mol. The molecule has 0 aliphatic heterocycles. The molecule has 0 unspecified atom stereocenters. The van der Waals surface area contributed by atoms with Gasteiger partial charge in [0, 0.05) is 41.6 Å². The molecule has 0 saturated heterocycles. The summed E-state index contributed by atoms with van der Waals surface area (Å²) in [7, 11) is 0. The van der Waals surface area contributed by atoms with E-state index in [1.807, 2.05) is 0 Å². The molecule has 1 aromatic heterocycles. The third-order valence-electron chi connectivity index (χ3n) is 5.00. The molecule has 192 valence electrons. The third-order valence-corrected chi connectivity index (χ3v) is 5.52. The van der Waals surface area contributed by atoms with Crippen LogP contribution in [0.25, 0.3) is 0 Å². The molecule has 0 saturated carbocycles. The first kappa shape index (κ1) is 27.4. The van der Waals surface area contributed by atoms with Crippen LogP contribution < -0.4 is 21.3 Å². The standard InChI is InChI=1S/C25H23Cl2N5O5/c26-18-10-16(4-5-22(34)35)23(20(27)12-18)32-21(33)14-29-24(36)17-2-1-3-19(11-17)31-25(37)30-13-15-6-8-28-9-7-15/h1-3,6-12H,4-5,13-14H2,(H,29,36)(H,32,33)(H,34,35)(H2,30,31,37). The lowest BCUT2D eigenvalue weighted by atomic mass is 10.1. The average molecular weight is 544 g/mol. The van der Waals surface area contributed by atoms with Crippen molar-refractivity contribution < 1.29 is 24.3 Å². The number of carbonyl (C=O) groups is 4. The van der Waals surface area contributed by atoms with Crippen molar-refractivity contribution in [1.82, 2.24) is 15.6 Å². The number of anilines is 2. The molecule has 3 aromatic rings. The van der Waals surface area contributed by atoms with Gasteiger partial charge in [-0.1, -0.05) is 29.3 Å². The van der Waals surface area contributed by atoms with Crippen LogP contribution in [-0.4, -0.2) is 40.5 Å². The van der Waals surface area contributed by atoms with Gasteiger partial charge in [0.05, 0.1) is 17.3 Å². The van der Waals surface area contributed by atoms with E-state index in [-0.39, 0.29) is 35.7 Å². The van der Waals surface area contributed by atoms with Gasteiger partial charge < -0.3 is 26.4 Å². The topological polar surface area (TPSA) is 150 Å². The molecule has 0 radical (unpaired) electrons. The summed E-state index contributed by atoms with van der Waals surface area (Å²) in [6.45, 7) is -0.0699. The first-order valence-electron chi connectivity index (χ1n) is 11.0. The zero-order valence-corrected chi connectivity index (χ0v) is 20.9. The van der Waals surface area contributed by atoms with Gasteiger partial charge in [0.25, 0.3) is 5.91 Å². The maximum atomic E-state index is 12.6. The summed E-state index contributed by atoms with van der Waals surface area (Å²) >= 11 is 12.2. The Morgan fingerprint density at radius 1 is 0.919 bits per heavy atom. The highest BCUT2D eigenvalue weighted by molar-refractivity contribution is 6.37. The summed E-state index contributed by atoms with van der Waals surface area (Å²) in [5, 5.41) is 19.8. The zero-order valence-electron chi connectivity index (χ0n) is 19.4. The largest absolute Gasteiger partial charge is 0.481 e. The SMILES string of the molecule is O=C(O)CCc1cc(Cl)cc(Cl)c1NC(=O)CNC(=O)c1cccc(NC(=O)NCc2ccncc2)c1. The van der Waals surface area contributed by atoms with Crippen LogP contribution in [0.3, 0.4) is 0 Å². The number of carboxylic acids is 1. The number of carboxylic acid groups (broad SMARTS) is 1. The van der Waals surface area contributed by atoms with Crippen molar-refractivity contribution in [3.63, 3.8) is 0 Å². The van der Waals surface area contributed by atoms with Gasteiger partial charge in [-0.15, -0.1) is 0 Å². The summed E-state index contributed by atoms with van der Waals surface area (Å²) in [5.74, 6) is -2.12. The lowest BCUT2D eigenvalue weighted by Gasteiger charge is -2.14. The number of aliphatic carboxylic acids is 1. The summed E-state index contributed by atoms with van der Waals surface area (Å²) in [6.07, 6.45) is 3.18. The molecular formula is C25H23Cl2N5O5. The Hall–Kier alpha value is -4.15. The number of pyridine rings is 1. The Balaban J connectivity index is 1.55. The molecule has 0 spiro atoms. The van der Waals surface area contributed by atoms with Gasteiger partial charge >= 0.3 is 12.0 Å². The third kappa shape index (κ3) is 8.78. The average Bonchev–Trinajstić information content (AvgIpc) is 2.87. The van der Waals surface area contributed by atoms with E-state index in [1.165, 1.54) is 24.3 Å². The fourth-order valence-electron chi connectivity index (χ4n) is 3.25. The number of nitrogens with one attached hydrogen (secondary N) is 4. The lowest BCUT2D eigenvalue weighted by molar-refractivity contribution is -0.137. The molecule has 2 aromatic carbocycles. The quantitative estimate of drug-likeness (QED) is 0.260. The Bertz CT molecular complexity index is 1300. The zero-order chi connectivity index (χ0) is 26.8. The number of carbonyl (C=O) groups excluding carboxylic acids is 3. The van der Waals surface area contributed by atoms with Gasteiger partial charge in [0.1, 0.15) is 0 Å². The van der Waals surface area contributed by atoms with Gasteiger partial charge in [-0.05, 0) is 60.0 Å². The molecule has 12 heteroatoms. The molecule has 37 heavy (non-hydrogen) atoms. The normalized spacial score (nSPS) is 10.3. The van der Waals surface area contributed by atoms with Crippen molar-refractivity contribution in [2.24, 2.45) is 0 Å². The van der Waals surface area contributed by atoms with E-state index in [0.717, 1.165) is 5.56 Å². The molecular weight excluding hydrogens is 521 g/mol. The number of hydrogen-bond donors (Lipinski definition) is 5. The van der Waals surface area contributed by atoms with Crippen LogP contribution in [0.2, 0.25) is 10.0 Å². The van der Waals surface area contributed by atoms with E-state index in [4.69, 9.17) is 28.3 Å². The predicted octanol–water partition coefficient (Wildman–Crippen LogP) is 4.10. The number of hydrogen-bond acceptors (Lipinski definition) is 5. The van der Waals surface area contributed by atoms with Gasteiger partial charge in [0.2, 0.25) is 5.91 Å². The van der Waals surface area contributed by atoms with Crippen LogP contribution in [0.5, 0.6) is 0 Å². The van der Waals surface area contributed by atoms with Crippen LogP contribution in [0, 0.1) is 0 Å². The molecule has 0 fully saturated rings. The highest BCUT2D eigenvalue weighted by Crippen LogP contribution is 2.31. The molecule has 0 atom stereocenters. The number of amides is 4. The van der Waals surface area contributed by atoms with E-state index < -0.39 is 23.8 Å². The summed E-state index contributed by atoms with van der Waals surface area (Å²) < 4.78 is 0. The summed E-state index contributed by atoms with van der Waals surface area (Å²) in [4.78, 5) is 52.1. The number of benzene rings is 2. The van der Waals surface area contributed by atoms with Crippen molar-refractivity contribution >= 4 is 58.4 Å². The van der Waals surface area contributed by atoms with Gasteiger partial charge in [-0.25, -0.2) is 4.79 Å². The summed E-state index contributed by atoms with van der Waals surface area (Å²) in [5.41, 5.74) is 2.19. The first-order valence-corrected chi connectivity index (χ1v) is 11.8. The van der Waals surface area contributed by atoms with Crippen LogP contribution in [-0.2, 0) is 22.6 Å². The molecule has 0 bridgehead atoms. The van der Waals surface area contributed by atoms with E-state index >= 15 is 0 Å². The van der Waals surface area contributed by atoms with Crippen molar-refractivity contribution in [2.75, 3.05) is 17.2 Å². The van der Waals surface area contributed by atoms with E-state index in [1.54, 1.807) is 36.7 Å². The van der Waals surface area contributed by atoms with Gasteiger partial charge in [0.15, 0.2) is 0 Å². The lowest BCUT2D eigenvalue weighted by Crippen LogP contribution is -2.33. The Morgan fingerprint density at radius 2 is 1.68 bits per heavy atom. The van der Waals surface area contributed by atoms with Crippen molar-refractivity contribution in [3.05, 3.63) is 87.7 Å². The van der Waals surface area contributed by atoms with Gasteiger partial charge in [-0.2, -0.15) is 0 Å². The van der Waals surface area contributed by atoms with Crippen molar-refractivity contribution in [3.8, 4) is 0 Å². The van der Waals surface area contributed by atoms with Gasteiger partial charge in [-0.3, -0.25) is 19.4 Å². The molecule has 1 heterocycles. The first-order chi connectivity index (χ1) is 17.7. The molecule has 3 rings (SSSR count). The minimum absolute atomic E-state index is 0.105. The second kappa shape index (κ2) is 13.2. The fraction of sp³-hybridized carbons (Fsp3) is 0.160. The molecule has 5 N–H and O–H groups in total. The summed E-state index contributed by atoms with van der Waals surface area (Å²) in [6, 6.07) is 12.3. The van der Waals surface area contributed by atoms with Crippen LogP contribution >= 0.6 is 23.2 Å². The second-order valence-electron chi connectivity index (χ2n) is 7.79. The molecule has 4 amide bonds. The maximum Gasteiger partial charge on any atom is 0.319 e. The molecule has 0 aliphatic carbocycles. The Labute approximate surface area is 222 Å². The Kier molecular flexibility index (Phi) is 9.82. The van der Waals surface area contributed by atoms with E-state index in [9.17, 15) is 19.2 Å². The number of nitrogens with zero attached hydrogens (tertiary/aromatic N) is 1. The number of aryl methyl sites for hydroxylation is 1. The van der Waals surface area contributed by atoms with E-state index in [0.29, 0.717) is 22.8 Å². The smallest absolute Gasteiger partial charge is 0.319 e. The van der Waals surface area contributed by atoms with Crippen LogP contribution in [0.15, 0.2) is 60.9 Å². The number of urea groups is 1. The molecule has 0 aliphatic rings. The fourth-order valence-corrected chi connectivity index (χ4v) is 3.83.